The van der Waals surface area contributed by atoms with Crippen LogP contribution in [-0.2, 0) is 24.3 Å². The number of aryl methyl sites for hydroxylation is 1. The quantitative estimate of drug-likeness (QED) is 0.605. The maximum atomic E-state index is 14.5. The molecular weight excluding hydrogens is 431 g/mol. The summed E-state index contributed by atoms with van der Waals surface area (Å²) in [6.45, 7) is -0.533. The third kappa shape index (κ3) is 4.32. The Bertz CT molecular complexity index is 1240. The van der Waals surface area contributed by atoms with Crippen LogP contribution in [0.25, 0.3) is 10.4 Å². The molecular formula is C20H18F3N5O2S. The number of nitrogens with two attached hydrogens (primary N) is 1. The minimum Gasteiger partial charge on any atom is -0.327 e. The van der Waals surface area contributed by atoms with Crippen LogP contribution in [0.3, 0.4) is 0 Å². The second-order valence-electron chi connectivity index (χ2n) is 7.07. The number of halogens is 3. The van der Waals surface area contributed by atoms with Crippen molar-refractivity contribution >= 4 is 22.9 Å². The van der Waals surface area contributed by atoms with Crippen LogP contribution in [0.15, 0.2) is 47.0 Å². The highest BCUT2D eigenvalue weighted by Crippen LogP contribution is 2.34. The molecule has 3 heterocycles. The monoisotopic (exact) mass is 449 g/mol. The van der Waals surface area contributed by atoms with E-state index in [1.54, 1.807) is 0 Å². The van der Waals surface area contributed by atoms with Crippen LogP contribution in [0.2, 0.25) is 0 Å². The van der Waals surface area contributed by atoms with Crippen molar-refractivity contribution in [3.8, 4) is 10.4 Å². The molecule has 1 aliphatic heterocycles. The van der Waals surface area contributed by atoms with Gasteiger partial charge in [-0.25, -0.2) is 13.9 Å². The van der Waals surface area contributed by atoms with Crippen LogP contribution in [0.5, 0.6) is 0 Å². The van der Waals surface area contributed by atoms with Crippen LogP contribution in [-0.4, -0.2) is 26.8 Å². The average Bonchev–Trinajstić information content (AvgIpc) is 3.34. The van der Waals surface area contributed by atoms with Gasteiger partial charge in [-0.05, 0) is 41.8 Å². The Morgan fingerprint density at radius 3 is 2.77 bits per heavy atom. The van der Waals surface area contributed by atoms with Crippen molar-refractivity contribution < 1.29 is 18.0 Å². The Morgan fingerprint density at radius 1 is 1.23 bits per heavy atom. The molecule has 0 radical (unpaired) electrons. The first-order valence-electron chi connectivity index (χ1n) is 9.42. The molecule has 2 aromatic heterocycles. The molecule has 0 saturated heterocycles. The van der Waals surface area contributed by atoms with E-state index in [4.69, 9.17) is 5.73 Å². The molecule has 0 saturated carbocycles. The first kappa shape index (κ1) is 21.1. The van der Waals surface area contributed by atoms with E-state index in [1.165, 1.54) is 28.3 Å². The van der Waals surface area contributed by atoms with Crippen molar-refractivity contribution in [2.45, 2.75) is 25.9 Å². The van der Waals surface area contributed by atoms with E-state index in [9.17, 15) is 22.8 Å². The number of hydrogen-bond acceptors (Lipinski definition) is 5. The number of carbonyl (C=O) groups is 1. The highest BCUT2D eigenvalue weighted by molar-refractivity contribution is 7.15. The molecule has 3 N–H and O–H groups in total. The Hall–Kier alpha value is -3.18. The van der Waals surface area contributed by atoms with Gasteiger partial charge in [-0.1, -0.05) is 0 Å². The van der Waals surface area contributed by atoms with Crippen LogP contribution >= 0.6 is 11.3 Å². The number of anilines is 1. The van der Waals surface area contributed by atoms with Gasteiger partial charge >= 0.3 is 5.69 Å². The summed E-state index contributed by atoms with van der Waals surface area (Å²) in [7, 11) is 0. The molecule has 4 rings (SSSR count). The Labute approximate surface area is 178 Å². The fourth-order valence-electron chi connectivity index (χ4n) is 3.35. The summed E-state index contributed by atoms with van der Waals surface area (Å²) in [4.78, 5) is 25.5. The molecule has 0 fully saturated rings. The average molecular weight is 449 g/mol. The molecule has 11 heteroatoms. The zero-order valence-corrected chi connectivity index (χ0v) is 17.0. The predicted octanol–water partition coefficient (Wildman–Crippen LogP) is 2.95. The van der Waals surface area contributed by atoms with Crippen molar-refractivity contribution in [2.24, 2.45) is 5.73 Å². The van der Waals surface area contributed by atoms with Gasteiger partial charge in [0.2, 0.25) is 5.91 Å². The number of nitrogens with one attached hydrogen (secondary N) is 1. The molecule has 0 aliphatic carbocycles. The van der Waals surface area contributed by atoms with Gasteiger partial charge in [0.25, 0.3) is 6.08 Å². The molecule has 0 unspecified atom stereocenters. The lowest BCUT2D eigenvalue weighted by Gasteiger charge is -2.18. The van der Waals surface area contributed by atoms with E-state index in [0.29, 0.717) is 18.4 Å². The van der Waals surface area contributed by atoms with Gasteiger partial charge in [0, 0.05) is 28.3 Å². The zero-order chi connectivity index (χ0) is 22.1. The summed E-state index contributed by atoms with van der Waals surface area (Å²) >= 11 is 1.38. The maximum Gasteiger partial charge on any atom is 0.346 e. The lowest BCUT2D eigenvalue weighted by Crippen LogP contribution is -2.27. The number of hydrogen-bond donors (Lipinski definition) is 2. The molecule has 3 aromatic rings. The van der Waals surface area contributed by atoms with Crippen molar-refractivity contribution in [3.63, 3.8) is 0 Å². The number of thiophene rings is 1. The van der Waals surface area contributed by atoms with E-state index in [1.807, 2.05) is 18.2 Å². The van der Waals surface area contributed by atoms with E-state index in [2.05, 4.69) is 10.4 Å². The number of benzene rings is 1. The highest BCUT2D eigenvalue weighted by atomic mass is 32.1. The fourth-order valence-corrected chi connectivity index (χ4v) is 4.34. The fraction of sp³-hybridized carbons (Fsp3) is 0.250. The van der Waals surface area contributed by atoms with Crippen molar-refractivity contribution in [1.29, 1.82) is 0 Å². The smallest absolute Gasteiger partial charge is 0.327 e. The van der Waals surface area contributed by atoms with Gasteiger partial charge in [-0.3, -0.25) is 9.36 Å². The summed E-state index contributed by atoms with van der Waals surface area (Å²) in [5, 5.41) is 6.44. The largest absolute Gasteiger partial charge is 0.346 e. The van der Waals surface area contributed by atoms with Crippen LogP contribution in [0, 0.1) is 5.82 Å². The molecule has 1 aromatic carbocycles. The van der Waals surface area contributed by atoms with Crippen molar-refractivity contribution in [3.05, 3.63) is 69.0 Å². The summed E-state index contributed by atoms with van der Waals surface area (Å²) in [5.74, 6) is -0.691. The third-order valence-corrected chi connectivity index (χ3v) is 6.10. The Kier molecular flexibility index (Phi) is 5.79. The second-order valence-corrected chi connectivity index (χ2v) is 8.24. The number of fused-ring (bicyclic) bond motifs is 1. The molecule has 0 spiro atoms. The number of carbonyl (C=O) groups excluding carboxylic acids is 1. The van der Waals surface area contributed by atoms with Crippen molar-refractivity contribution in [1.82, 2.24) is 14.3 Å². The van der Waals surface area contributed by atoms with E-state index in [0.717, 1.165) is 20.0 Å². The summed E-state index contributed by atoms with van der Waals surface area (Å²) in [6, 6.07) is 6.86. The minimum atomic E-state index is -1.91. The number of aromatic nitrogens is 3. The molecule has 31 heavy (non-hydrogen) atoms. The molecule has 0 atom stereocenters. The summed E-state index contributed by atoms with van der Waals surface area (Å²) < 4.78 is 42.3. The lowest BCUT2D eigenvalue weighted by atomic mass is 9.99. The molecule has 1 amide bonds. The zero-order valence-electron chi connectivity index (χ0n) is 16.2. The summed E-state index contributed by atoms with van der Waals surface area (Å²) in [5.41, 5.74) is 6.06. The lowest BCUT2D eigenvalue weighted by molar-refractivity contribution is -0.116. The van der Waals surface area contributed by atoms with Gasteiger partial charge in [-0.2, -0.15) is 13.9 Å². The van der Waals surface area contributed by atoms with Gasteiger partial charge in [0.15, 0.2) is 0 Å². The Balaban J connectivity index is 1.55. The highest BCUT2D eigenvalue weighted by Gasteiger charge is 2.20. The van der Waals surface area contributed by atoms with E-state index >= 15 is 0 Å². The van der Waals surface area contributed by atoms with Gasteiger partial charge in [0.1, 0.15) is 12.1 Å². The van der Waals surface area contributed by atoms with Gasteiger partial charge < -0.3 is 11.1 Å². The summed E-state index contributed by atoms with van der Waals surface area (Å²) in [6.07, 6.45) is 0.153. The van der Waals surface area contributed by atoms with E-state index in [-0.39, 0.29) is 36.8 Å². The van der Waals surface area contributed by atoms with Crippen LogP contribution in [0.4, 0.5) is 18.9 Å². The SMILES string of the molecule is NCC(Cn1ncn(Cc2ccc(-c3cc(F)c4c(c3)CCC(=O)N4)s2)c1=O)=C(F)F. The van der Waals surface area contributed by atoms with Crippen LogP contribution < -0.4 is 16.7 Å². The molecule has 7 nitrogen and oxygen atoms in total. The van der Waals surface area contributed by atoms with Gasteiger partial charge in [-0.15, -0.1) is 11.3 Å². The third-order valence-electron chi connectivity index (χ3n) is 4.98. The standard InChI is InChI=1S/C20H18F3N5O2S/c21-15-6-12(5-11-1-4-17(29)26-18(11)15)16-3-2-14(31-16)9-27-10-25-28(20(27)30)8-13(7-24)19(22)23/h2-3,5-6,10H,1,4,7-9,24H2,(H,26,29). The first-order chi connectivity index (χ1) is 14.9. The number of nitrogens with zero attached hydrogens (tertiary/aromatic N) is 3. The number of amides is 1. The first-order valence-corrected chi connectivity index (χ1v) is 10.2. The molecule has 0 bridgehead atoms. The van der Waals surface area contributed by atoms with Crippen molar-refractivity contribution in [2.75, 3.05) is 11.9 Å². The van der Waals surface area contributed by atoms with Gasteiger partial charge in [0.05, 0.1) is 18.8 Å². The second kappa shape index (κ2) is 8.52. The van der Waals surface area contributed by atoms with Crippen LogP contribution in [0.1, 0.15) is 16.9 Å². The maximum absolute atomic E-state index is 14.5. The minimum absolute atomic E-state index is 0.201. The topological polar surface area (TPSA) is 94.9 Å². The molecule has 162 valence electrons. The molecule has 1 aliphatic rings. The predicted molar refractivity (Wildman–Crippen MR) is 111 cm³/mol. The van der Waals surface area contributed by atoms with E-state index < -0.39 is 17.6 Å². The number of rotatable bonds is 6. The Morgan fingerprint density at radius 2 is 2.03 bits per heavy atom. The normalized spacial score (nSPS) is 13.1.